The summed E-state index contributed by atoms with van der Waals surface area (Å²) in [6.45, 7) is 3.61. The average molecular weight is 373 g/mol. The fourth-order valence-electron chi connectivity index (χ4n) is 3.88. The van der Waals surface area contributed by atoms with E-state index in [1.165, 1.54) is 17.3 Å². The van der Waals surface area contributed by atoms with E-state index in [2.05, 4.69) is 41.2 Å². The molecule has 0 radical (unpaired) electrons. The fraction of sp³-hybridized carbons (Fsp3) is 0.261. The monoisotopic (exact) mass is 373 g/mol. The van der Waals surface area contributed by atoms with E-state index in [0.29, 0.717) is 17.2 Å². The molecule has 1 saturated heterocycles. The molecule has 1 unspecified atom stereocenters. The third-order valence-electron chi connectivity index (χ3n) is 5.30. The van der Waals surface area contributed by atoms with Gasteiger partial charge >= 0.3 is 0 Å². The number of carbonyl (C=O) groups is 1. The molecule has 2 heterocycles. The largest absolute Gasteiger partial charge is 0.338 e. The molecular formula is C23H23N3O2. The first-order chi connectivity index (χ1) is 13.6. The van der Waals surface area contributed by atoms with Crippen LogP contribution in [0.3, 0.4) is 0 Å². The Morgan fingerprint density at radius 3 is 2.82 bits per heavy atom. The molecule has 1 N–H and O–H groups in total. The van der Waals surface area contributed by atoms with Crippen molar-refractivity contribution in [1.29, 1.82) is 0 Å². The van der Waals surface area contributed by atoms with Gasteiger partial charge in [0, 0.05) is 30.1 Å². The van der Waals surface area contributed by atoms with Gasteiger partial charge in [0.05, 0.1) is 18.1 Å². The summed E-state index contributed by atoms with van der Waals surface area (Å²) in [7, 11) is 0. The van der Waals surface area contributed by atoms with E-state index in [1.54, 1.807) is 6.20 Å². The lowest BCUT2D eigenvalue weighted by Crippen LogP contribution is -2.39. The third kappa shape index (κ3) is 3.88. The van der Waals surface area contributed by atoms with E-state index in [1.807, 2.05) is 29.2 Å². The van der Waals surface area contributed by atoms with Crippen molar-refractivity contribution in [2.75, 3.05) is 13.1 Å². The predicted octanol–water partition coefficient (Wildman–Crippen LogP) is 3.77. The van der Waals surface area contributed by atoms with Crippen LogP contribution in [0.4, 0.5) is 0 Å². The minimum Gasteiger partial charge on any atom is -0.338 e. The Balaban J connectivity index is 1.56. The number of amides is 1. The van der Waals surface area contributed by atoms with Gasteiger partial charge in [-0.3, -0.25) is 14.6 Å². The molecule has 28 heavy (non-hydrogen) atoms. The maximum Gasteiger partial charge on any atom is 0.266 e. The maximum atomic E-state index is 13.1. The van der Waals surface area contributed by atoms with E-state index in [-0.39, 0.29) is 11.5 Å². The second-order valence-corrected chi connectivity index (χ2v) is 7.40. The lowest BCUT2D eigenvalue weighted by Gasteiger charge is -2.33. The summed E-state index contributed by atoms with van der Waals surface area (Å²) in [5, 5.41) is 0. The summed E-state index contributed by atoms with van der Waals surface area (Å²) in [5.74, 6) is 0.404. The number of hydrogen-bond donors (Lipinski definition) is 1. The van der Waals surface area contributed by atoms with Gasteiger partial charge < -0.3 is 9.88 Å². The summed E-state index contributed by atoms with van der Waals surface area (Å²) in [5.41, 5.74) is 4.32. The molecule has 1 fully saturated rings. The van der Waals surface area contributed by atoms with Crippen molar-refractivity contribution in [3.63, 3.8) is 0 Å². The van der Waals surface area contributed by atoms with Crippen LogP contribution < -0.4 is 5.56 Å². The first-order valence-electron chi connectivity index (χ1n) is 9.61. The Kier molecular flexibility index (Phi) is 5.06. The van der Waals surface area contributed by atoms with Crippen LogP contribution in [0.5, 0.6) is 0 Å². The van der Waals surface area contributed by atoms with Crippen molar-refractivity contribution in [2.45, 2.75) is 25.7 Å². The van der Waals surface area contributed by atoms with E-state index in [4.69, 9.17) is 0 Å². The molecular weight excluding hydrogens is 350 g/mol. The molecule has 142 valence electrons. The molecule has 4 rings (SSSR count). The highest BCUT2D eigenvalue weighted by atomic mass is 16.2. The summed E-state index contributed by atoms with van der Waals surface area (Å²) in [6.07, 6.45) is 4.93. The van der Waals surface area contributed by atoms with Gasteiger partial charge in [0.15, 0.2) is 0 Å². The van der Waals surface area contributed by atoms with Crippen LogP contribution in [0, 0.1) is 6.92 Å². The minimum absolute atomic E-state index is 0.0328. The van der Waals surface area contributed by atoms with E-state index in [0.717, 1.165) is 31.5 Å². The highest BCUT2D eigenvalue weighted by Crippen LogP contribution is 2.28. The Morgan fingerprint density at radius 1 is 1.14 bits per heavy atom. The van der Waals surface area contributed by atoms with Crippen molar-refractivity contribution in [2.24, 2.45) is 0 Å². The summed E-state index contributed by atoms with van der Waals surface area (Å²) in [6, 6.07) is 15.9. The maximum absolute atomic E-state index is 13.1. The van der Waals surface area contributed by atoms with Gasteiger partial charge in [-0.1, -0.05) is 42.0 Å². The van der Waals surface area contributed by atoms with Crippen molar-refractivity contribution < 1.29 is 4.79 Å². The Bertz CT molecular complexity index is 1060. The Morgan fingerprint density at radius 2 is 2.00 bits per heavy atom. The number of H-pyrrole nitrogens is 1. The first kappa shape index (κ1) is 18.2. The number of piperidine rings is 1. The van der Waals surface area contributed by atoms with Crippen LogP contribution in [0.2, 0.25) is 0 Å². The van der Waals surface area contributed by atoms with Crippen LogP contribution >= 0.6 is 0 Å². The number of likely N-dealkylation sites (tertiary alicyclic amines) is 1. The molecule has 2 aromatic carbocycles. The van der Waals surface area contributed by atoms with Gasteiger partial charge in [-0.25, -0.2) is 0 Å². The molecule has 0 saturated carbocycles. The predicted molar refractivity (Wildman–Crippen MR) is 109 cm³/mol. The molecule has 1 atom stereocenters. The number of benzene rings is 2. The van der Waals surface area contributed by atoms with Crippen LogP contribution in [0.1, 0.15) is 40.2 Å². The van der Waals surface area contributed by atoms with Gasteiger partial charge in [-0.05, 0) is 37.5 Å². The minimum atomic E-state index is -0.258. The van der Waals surface area contributed by atoms with Crippen LogP contribution in [0.15, 0.2) is 65.7 Å². The summed E-state index contributed by atoms with van der Waals surface area (Å²) < 4.78 is 0. The van der Waals surface area contributed by atoms with Crippen molar-refractivity contribution in [1.82, 2.24) is 14.9 Å². The lowest BCUT2D eigenvalue weighted by atomic mass is 9.89. The van der Waals surface area contributed by atoms with Crippen LogP contribution in [-0.2, 0) is 0 Å². The number of carbonyl (C=O) groups excluding carboxylic acids is 1. The summed E-state index contributed by atoms with van der Waals surface area (Å²) >= 11 is 0. The fourth-order valence-corrected chi connectivity index (χ4v) is 3.88. The smallest absolute Gasteiger partial charge is 0.266 e. The molecule has 0 spiro atoms. The Labute approximate surface area is 164 Å². The number of rotatable bonds is 3. The van der Waals surface area contributed by atoms with Gasteiger partial charge in [-0.2, -0.15) is 0 Å². The van der Waals surface area contributed by atoms with Crippen molar-refractivity contribution in [3.05, 3.63) is 88.0 Å². The first-order valence-corrected chi connectivity index (χ1v) is 9.61. The molecule has 1 aromatic heterocycles. The zero-order valence-electron chi connectivity index (χ0n) is 15.9. The number of aromatic amines is 1. The SMILES string of the molecule is Cc1cccc(C2CCCN(C(=O)c3cccc(-c4cncc(=O)[nH]4)c3)C2)c1. The van der Waals surface area contributed by atoms with Gasteiger partial charge in [0.25, 0.3) is 11.5 Å². The standard InChI is InChI=1S/C23H23N3O2/c1-16-5-2-6-17(11-16)20-9-4-10-26(15-20)23(28)19-8-3-7-18(12-19)21-13-24-14-22(27)25-21/h2-3,5-8,11-14,20H,4,9-10,15H2,1H3,(H,25,27). The number of aryl methyl sites for hydroxylation is 1. The zero-order valence-corrected chi connectivity index (χ0v) is 15.9. The third-order valence-corrected chi connectivity index (χ3v) is 5.30. The van der Waals surface area contributed by atoms with Crippen molar-refractivity contribution >= 4 is 5.91 Å². The highest BCUT2D eigenvalue weighted by Gasteiger charge is 2.25. The second-order valence-electron chi connectivity index (χ2n) is 7.40. The van der Waals surface area contributed by atoms with E-state index in [9.17, 15) is 9.59 Å². The lowest BCUT2D eigenvalue weighted by molar-refractivity contribution is 0.0707. The molecule has 0 aliphatic carbocycles. The molecule has 1 aliphatic heterocycles. The topological polar surface area (TPSA) is 66.1 Å². The number of nitrogens with one attached hydrogen (secondary N) is 1. The van der Waals surface area contributed by atoms with E-state index >= 15 is 0 Å². The van der Waals surface area contributed by atoms with Gasteiger partial charge in [0.2, 0.25) is 0 Å². The molecule has 5 heteroatoms. The van der Waals surface area contributed by atoms with Gasteiger partial charge in [0.1, 0.15) is 0 Å². The second kappa shape index (κ2) is 7.80. The number of hydrogen-bond acceptors (Lipinski definition) is 3. The van der Waals surface area contributed by atoms with Crippen molar-refractivity contribution in [3.8, 4) is 11.3 Å². The van der Waals surface area contributed by atoms with E-state index < -0.39 is 0 Å². The van der Waals surface area contributed by atoms with Gasteiger partial charge in [-0.15, -0.1) is 0 Å². The normalized spacial score (nSPS) is 16.8. The summed E-state index contributed by atoms with van der Waals surface area (Å²) in [4.78, 5) is 33.3. The highest BCUT2D eigenvalue weighted by molar-refractivity contribution is 5.95. The number of nitrogens with zero attached hydrogens (tertiary/aromatic N) is 2. The molecule has 5 nitrogen and oxygen atoms in total. The molecule has 3 aromatic rings. The quantitative estimate of drug-likeness (QED) is 0.760. The van der Waals surface area contributed by atoms with Crippen LogP contribution in [0.25, 0.3) is 11.3 Å². The molecule has 1 amide bonds. The number of aromatic nitrogens is 2. The zero-order chi connectivity index (χ0) is 19.5. The average Bonchev–Trinajstić information content (AvgIpc) is 2.73. The van der Waals surface area contributed by atoms with Crippen LogP contribution in [-0.4, -0.2) is 33.9 Å². The molecule has 1 aliphatic rings. The molecule has 0 bridgehead atoms. The Hall–Kier alpha value is -3.21.